The molecule has 4 rings (SSSR count). The van der Waals surface area contributed by atoms with Gasteiger partial charge in [-0.1, -0.05) is 84.4 Å². The normalized spacial score (nSPS) is 16.4. The number of hydrogen-bond acceptors (Lipinski definition) is 3. The van der Waals surface area contributed by atoms with Crippen LogP contribution in [0.4, 0.5) is 0 Å². The monoisotopic (exact) mass is 416 g/mol. The Labute approximate surface area is 178 Å². The quantitative estimate of drug-likeness (QED) is 0.598. The van der Waals surface area contributed by atoms with Gasteiger partial charge in [-0.2, -0.15) is 0 Å². The van der Waals surface area contributed by atoms with Gasteiger partial charge in [0.15, 0.2) is 0 Å². The molecule has 30 heavy (non-hydrogen) atoms. The van der Waals surface area contributed by atoms with Gasteiger partial charge in [-0.3, -0.25) is 4.99 Å². The minimum atomic E-state index is -3.82. The lowest BCUT2D eigenvalue weighted by atomic mass is 9.99. The Morgan fingerprint density at radius 1 is 0.900 bits per heavy atom. The van der Waals surface area contributed by atoms with Crippen LogP contribution in [0.1, 0.15) is 22.3 Å². The van der Waals surface area contributed by atoms with Gasteiger partial charge in [0.2, 0.25) is 0 Å². The van der Waals surface area contributed by atoms with Crippen LogP contribution in [0, 0.1) is 13.8 Å². The fourth-order valence-corrected chi connectivity index (χ4v) is 5.21. The molecule has 0 saturated carbocycles. The van der Waals surface area contributed by atoms with Gasteiger partial charge in [0.25, 0.3) is 10.0 Å². The first-order valence-electron chi connectivity index (χ1n) is 9.85. The summed E-state index contributed by atoms with van der Waals surface area (Å²) in [6.07, 6.45) is 0. The van der Waals surface area contributed by atoms with E-state index in [1.165, 1.54) is 4.31 Å². The van der Waals surface area contributed by atoms with E-state index in [1.807, 2.05) is 80.6 Å². The van der Waals surface area contributed by atoms with Crippen molar-refractivity contribution in [3.63, 3.8) is 0 Å². The van der Waals surface area contributed by atoms with Crippen molar-refractivity contribution in [3.8, 4) is 0 Å². The molecule has 152 valence electrons. The molecular weight excluding hydrogens is 392 g/mol. The number of hydrogen-bond donors (Lipinski definition) is 0. The van der Waals surface area contributed by atoms with Crippen LogP contribution in [0.3, 0.4) is 0 Å². The number of sulfonamides is 1. The fourth-order valence-electron chi connectivity index (χ4n) is 3.59. The van der Waals surface area contributed by atoms with Crippen molar-refractivity contribution >= 4 is 21.4 Å². The van der Waals surface area contributed by atoms with Gasteiger partial charge in [0.05, 0.1) is 17.5 Å². The third-order valence-corrected chi connectivity index (χ3v) is 7.15. The van der Waals surface area contributed by atoms with E-state index in [1.54, 1.807) is 12.1 Å². The maximum atomic E-state index is 13.7. The highest BCUT2D eigenvalue weighted by Crippen LogP contribution is 2.32. The molecule has 0 radical (unpaired) electrons. The summed E-state index contributed by atoms with van der Waals surface area (Å²) in [5.41, 5.74) is 4.57. The SMILES string of the molecule is C=C(c1ccc(C)cc1)C1CN=C(c2ccccc2)N1S(=O)(=O)c1ccc(C)cc1. The first kappa shape index (κ1) is 20.1. The highest BCUT2D eigenvalue weighted by atomic mass is 32.2. The third kappa shape index (κ3) is 3.68. The van der Waals surface area contributed by atoms with E-state index in [2.05, 4.69) is 11.6 Å². The van der Waals surface area contributed by atoms with Crippen molar-refractivity contribution in [2.45, 2.75) is 24.8 Å². The van der Waals surface area contributed by atoms with Crippen LogP contribution in [0.25, 0.3) is 5.57 Å². The van der Waals surface area contributed by atoms with Crippen LogP contribution in [-0.4, -0.2) is 31.1 Å². The first-order chi connectivity index (χ1) is 14.4. The summed E-state index contributed by atoms with van der Waals surface area (Å²) < 4.78 is 28.9. The largest absolute Gasteiger partial charge is 0.266 e. The Morgan fingerprint density at radius 3 is 2.07 bits per heavy atom. The number of aryl methyl sites for hydroxylation is 2. The molecule has 5 heteroatoms. The van der Waals surface area contributed by atoms with Gasteiger partial charge in [-0.25, -0.2) is 12.7 Å². The second kappa shape index (κ2) is 7.92. The predicted octanol–water partition coefficient (Wildman–Crippen LogP) is 4.84. The third-order valence-electron chi connectivity index (χ3n) is 5.34. The second-order valence-corrected chi connectivity index (χ2v) is 9.37. The molecule has 0 spiro atoms. The van der Waals surface area contributed by atoms with Crippen LogP contribution in [0.2, 0.25) is 0 Å². The summed E-state index contributed by atoms with van der Waals surface area (Å²) >= 11 is 0. The molecule has 0 fully saturated rings. The van der Waals surface area contributed by atoms with Crippen LogP contribution < -0.4 is 0 Å². The smallest absolute Gasteiger partial charge is 0.265 e. The van der Waals surface area contributed by atoms with Gasteiger partial charge in [0, 0.05) is 5.56 Å². The van der Waals surface area contributed by atoms with E-state index in [9.17, 15) is 8.42 Å². The summed E-state index contributed by atoms with van der Waals surface area (Å²) in [5, 5.41) is 0. The van der Waals surface area contributed by atoms with Gasteiger partial charge < -0.3 is 0 Å². The Kier molecular flexibility index (Phi) is 5.31. The van der Waals surface area contributed by atoms with Crippen LogP contribution >= 0.6 is 0 Å². The molecule has 1 aliphatic heterocycles. The zero-order chi connectivity index (χ0) is 21.3. The Hall–Kier alpha value is -3.18. The van der Waals surface area contributed by atoms with Crippen molar-refractivity contribution < 1.29 is 8.42 Å². The molecule has 0 saturated heterocycles. The van der Waals surface area contributed by atoms with E-state index in [0.717, 1.165) is 27.8 Å². The summed E-state index contributed by atoms with van der Waals surface area (Å²) in [4.78, 5) is 4.90. The molecule has 3 aromatic carbocycles. The molecule has 0 aromatic heterocycles. The predicted molar refractivity (Wildman–Crippen MR) is 122 cm³/mol. The number of aliphatic imine (C=N–C) groups is 1. The van der Waals surface area contributed by atoms with Gasteiger partial charge >= 0.3 is 0 Å². The molecular formula is C25H24N2O2S. The van der Waals surface area contributed by atoms with Crippen LogP contribution in [0.5, 0.6) is 0 Å². The van der Waals surface area contributed by atoms with E-state index < -0.39 is 16.1 Å². The first-order valence-corrected chi connectivity index (χ1v) is 11.3. The van der Waals surface area contributed by atoms with Crippen molar-refractivity contribution in [1.82, 2.24) is 4.31 Å². The van der Waals surface area contributed by atoms with Crippen molar-refractivity contribution in [3.05, 3.63) is 108 Å². The molecule has 0 bridgehead atoms. The molecule has 0 amide bonds. The van der Waals surface area contributed by atoms with E-state index in [-0.39, 0.29) is 4.90 Å². The van der Waals surface area contributed by atoms with E-state index in [4.69, 9.17) is 0 Å². The molecule has 1 atom stereocenters. The average molecular weight is 417 g/mol. The lowest BCUT2D eigenvalue weighted by molar-refractivity contribution is 0.509. The second-order valence-electron chi connectivity index (χ2n) is 7.55. The van der Waals surface area contributed by atoms with Crippen molar-refractivity contribution in [2.24, 2.45) is 4.99 Å². The molecule has 1 aliphatic rings. The maximum absolute atomic E-state index is 13.7. The fraction of sp³-hybridized carbons (Fsp3) is 0.160. The molecule has 0 aliphatic carbocycles. The summed E-state index contributed by atoms with van der Waals surface area (Å²) in [5.74, 6) is 0.453. The topological polar surface area (TPSA) is 49.7 Å². The highest BCUT2D eigenvalue weighted by Gasteiger charge is 2.40. The minimum absolute atomic E-state index is 0.250. The van der Waals surface area contributed by atoms with Crippen LogP contribution in [0.15, 0.2) is 95.3 Å². The lowest BCUT2D eigenvalue weighted by Gasteiger charge is -2.29. The maximum Gasteiger partial charge on any atom is 0.266 e. The average Bonchev–Trinajstić information content (AvgIpc) is 3.21. The Balaban J connectivity index is 1.80. The van der Waals surface area contributed by atoms with E-state index in [0.29, 0.717) is 12.4 Å². The number of nitrogens with zero attached hydrogens (tertiary/aromatic N) is 2. The van der Waals surface area contributed by atoms with E-state index >= 15 is 0 Å². The van der Waals surface area contributed by atoms with Crippen molar-refractivity contribution in [1.29, 1.82) is 0 Å². The number of benzene rings is 3. The Bertz CT molecular complexity index is 1200. The zero-order valence-electron chi connectivity index (χ0n) is 17.1. The number of rotatable bonds is 5. The zero-order valence-corrected chi connectivity index (χ0v) is 17.9. The van der Waals surface area contributed by atoms with Gasteiger partial charge in [-0.05, 0) is 37.1 Å². The summed E-state index contributed by atoms with van der Waals surface area (Å²) in [6, 6.07) is 23.9. The van der Waals surface area contributed by atoms with Gasteiger partial charge in [-0.15, -0.1) is 0 Å². The summed E-state index contributed by atoms with van der Waals surface area (Å²) in [7, 11) is -3.82. The standard InChI is InChI=1S/C25H24N2O2S/c1-18-9-13-21(14-10-18)20(3)24-17-26-25(22-7-5-4-6-8-22)27(24)30(28,29)23-15-11-19(2)12-16-23/h4-16,24H,3,17H2,1-2H3. The molecule has 1 unspecified atom stereocenters. The lowest BCUT2D eigenvalue weighted by Crippen LogP contribution is -2.42. The van der Waals surface area contributed by atoms with Crippen LogP contribution in [-0.2, 0) is 10.0 Å². The van der Waals surface area contributed by atoms with Gasteiger partial charge in [0.1, 0.15) is 5.84 Å². The Morgan fingerprint density at radius 2 is 1.47 bits per heavy atom. The molecule has 1 heterocycles. The highest BCUT2D eigenvalue weighted by molar-refractivity contribution is 7.89. The van der Waals surface area contributed by atoms with Crippen molar-refractivity contribution in [2.75, 3.05) is 6.54 Å². The minimum Gasteiger partial charge on any atom is -0.265 e. The summed E-state index contributed by atoms with van der Waals surface area (Å²) in [6.45, 7) is 8.55. The number of amidine groups is 1. The molecule has 0 N–H and O–H groups in total. The molecule has 3 aromatic rings. The molecule has 4 nitrogen and oxygen atoms in total.